The summed E-state index contributed by atoms with van der Waals surface area (Å²) in [6, 6.07) is 8.81. The van der Waals surface area contributed by atoms with Gasteiger partial charge in [0.2, 0.25) is 0 Å². The maximum atomic E-state index is 3.83. The lowest BCUT2D eigenvalue weighted by Gasteiger charge is -2.28. The molecule has 1 heteroatoms. The fraction of sp³-hybridized carbons (Fsp3) is 0.412. The van der Waals surface area contributed by atoms with Gasteiger partial charge in [-0.05, 0) is 25.8 Å². The molecule has 1 rings (SSSR count). The molecule has 100 valence electrons. The quantitative estimate of drug-likeness (QED) is 0.511. The van der Waals surface area contributed by atoms with Crippen LogP contribution in [-0.2, 0) is 5.41 Å². The Morgan fingerprint density at radius 3 is 2.11 bits per heavy atom. The molecule has 0 nitrogen and oxygen atoms in total. The lowest BCUT2D eigenvalue weighted by Crippen LogP contribution is -2.20. The lowest BCUT2D eigenvalue weighted by atomic mass is 9.76. The third-order valence-corrected chi connectivity index (χ3v) is 3.29. The molecular weight excluding hydrogens is 235 g/mol. The van der Waals surface area contributed by atoms with E-state index in [0.29, 0.717) is 0 Å². The first kappa shape index (κ1) is 17.1. The fourth-order valence-corrected chi connectivity index (χ4v) is 2.04. The van der Waals surface area contributed by atoms with Crippen molar-refractivity contribution in [1.82, 2.24) is 0 Å². The third-order valence-electron chi connectivity index (χ3n) is 3.29. The zero-order valence-corrected chi connectivity index (χ0v) is 13.6. The predicted octanol–water partition coefficient (Wildman–Crippen LogP) is 5.29. The van der Waals surface area contributed by atoms with E-state index < -0.39 is 0 Å². The average molecular weight is 262 g/mol. The molecule has 0 aromatic heterocycles. The Morgan fingerprint density at radius 1 is 1.22 bits per heavy atom. The largest absolute Gasteiger partial charge is 0.141 e. The number of aryl methyl sites for hydroxylation is 1. The Morgan fingerprint density at radius 2 is 1.72 bits per heavy atom. The fourth-order valence-electron chi connectivity index (χ4n) is 2.04. The van der Waals surface area contributed by atoms with Gasteiger partial charge in [0.15, 0.2) is 0 Å². The van der Waals surface area contributed by atoms with Crippen molar-refractivity contribution in [3.05, 3.63) is 59.7 Å². The Balaban J connectivity index is 0.00000137. The van der Waals surface area contributed by atoms with E-state index in [1.54, 1.807) is 0 Å². The molecule has 1 aromatic carbocycles. The number of benzene rings is 1. The van der Waals surface area contributed by atoms with Crippen molar-refractivity contribution in [2.75, 3.05) is 6.66 Å². The van der Waals surface area contributed by atoms with Crippen molar-refractivity contribution < 1.29 is 0 Å². The highest BCUT2D eigenvalue weighted by Gasteiger charge is 2.23. The summed E-state index contributed by atoms with van der Waals surface area (Å²) in [5, 5.41) is 0. The zero-order chi connectivity index (χ0) is 14.2. The van der Waals surface area contributed by atoms with Gasteiger partial charge in [0, 0.05) is 5.41 Å². The highest BCUT2D eigenvalue weighted by Crippen LogP contribution is 2.33. The molecule has 1 atom stereocenters. The topological polar surface area (TPSA) is 0 Å². The molecule has 18 heavy (non-hydrogen) atoms. The Hall–Kier alpha value is -0.870. The molecule has 1 aromatic rings. The van der Waals surface area contributed by atoms with E-state index in [0.717, 1.165) is 6.42 Å². The van der Waals surface area contributed by atoms with Gasteiger partial charge in [-0.2, -0.15) is 0 Å². The van der Waals surface area contributed by atoms with E-state index in [9.17, 15) is 0 Å². The molecule has 0 saturated heterocycles. The molecule has 0 amide bonds. The summed E-state index contributed by atoms with van der Waals surface area (Å²) < 4.78 is 0. The Labute approximate surface area is 115 Å². The van der Waals surface area contributed by atoms with Crippen LogP contribution in [0.5, 0.6) is 0 Å². The van der Waals surface area contributed by atoms with Gasteiger partial charge in [0.1, 0.15) is 0 Å². The van der Waals surface area contributed by atoms with Crippen molar-refractivity contribution >= 4 is 9.24 Å². The molecule has 0 aliphatic heterocycles. The third kappa shape index (κ3) is 4.42. The van der Waals surface area contributed by atoms with Gasteiger partial charge in [-0.3, -0.25) is 0 Å². The van der Waals surface area contributed by atoms with Gasteiger partial charge in [0.05, 0.1) is 0 Å². The van der Waals surface area contributed by atoms with Crippen LogP contribution in [0.3, 0.4) is 0 Å². The summed E-state index contributed by atoms with van der Waals surface area (Å²) >= 11 is 0. The molecular formula is C17H27P. The number of hydrogen-bond acceptors (Lipinski definition) is 0. The Bertz CT molecular complexity index is 383. The molecule has 0 heterocycles. The molecule has 1 unspecified atom stereocenters. The SMILES string of the molecule is C=CC/C(=C\C)C(C)(C)c1ccc(C)cc1.CP. The number of allylic oxidation sites excluding steroid dienone is 3. The van der Waals surface area contributed by atoms with E-state index in [1.807, 2.05) is 12.7 Å². The van der Waals surface area contributed by atoms with Crippen molar-refractivity contribution in [2.45, 2.75) is 39.5 Å². The van der Waals surface area contributed by atoms with Crippen LogP contribution in [0.25, 0.3) is 0 Å². The minimum Gasteiger partial charge on any atom is -0.141 e. The molecule has 0 spiro atoms. The van der Waals surface area contributed by atoms with Crippen LogP contribution < -0.4 is 0 Å². The summed E-state index contributed by atoms with van der Waals surface area (Å²) in [5.74, 6) is 0. The highest BCUT2D eigenvalue weighted by atomic mass is 31.0. The van der Waals surface area contributed by atoms with Gasteiger partial charge >= 0.3 is 0 Å². The second-order valence-corrected chi connectivity index (χ2v) is 4.80. The van der Waals surface area contributed by atoms with Crippen molar-refractivity contribution in [1.29, 1.82) is 0 Å². The Kier molecular flexibility index (Phi) is 7.87. The van der Waals surface area contributed by atoms with Crippen molar-refractivity contribution in [3.8, 4) is 0 Å². The van der Waals surface area contributed by atoms with Crippen LogP contribution in [0, 0.1) is 6.92 Å². The number of hydrogen-bond donors (Lipinski definition) is 0. The summed E-state index contributed by atoms with van der Waals surface area (Å²) in [6.45, 7) is 14.5. The van der Waals surface area contributed by atoms with Gasteiger partial charge in [-0.1, -0.05) is 68.1 Å². The van der Waals surface area contributed by atoms with Crippen LogP contribution in [0.2, 0.25) is 0 Å². The second kappa shape index (κ2) is 8.27. The molecule has 0 aliphatic carbocycles. The lowest BCUT2D eigenvalue weighted by molar-refractivity contribution is 0.608. The van der Waals surface area contributed by atoms with E-state index in [2.05, 4.69) is 73.9 Å². The summed E-state index contributed by atoms with van der Waals surface area (Å²) in [6.07, 6.45) is 5.14. The summed E-state index contributed by atoms with van der Waals surface area (Å²) in [7, 11) is 2.42. The molecule has 0 aliphatic rings. The van der Waals surface area contributed by atoms with Crippen LogP contribution >= 0.6 is 9.24 Å². The maximum absolute atomic E-state index is 3.83. The summed E-state index contributed by atoms with van der Waals surface area (Å²) in [4.78, 5) is 0. The monoisotopic (exact) mass is 262 g/mol. The first-order valence-electron chi connectivity index (χ1n) is 6.43. The van der Waals surface area contributed by atoms with Crippen LogP contribution in [-0.4, -0.2) is 6.66 Å². The van der Waals surface area contributed by atoms with Gasteiger partial charge in [-0.15, -0.1) is 15.8 Å². The summed E-state index contributed by atoms with van der Waals surface area (Å²) in [5.41, 5.74) is 4.20. The van der Waals surface area contributed by atoms with Gasteiger partial charge < -0.3 is 0 Å². The van der Waals surface area contributed by atoms with Crippen LogP contribution in [0.15, 0.2) is 48.6 Å². The first-order valence-corrected chi connectivity index (χ1v) is 7.59. The van der Waals surface area contributed by atoms with Crippen LogP contribution in [0.1, 0.15) is 38.3 Å². The van der Waals surface area contributed by atoms with Gasteiger partial charge in [-0.25, -0.2) is 0 Å². The number of rotatable bonds is 4. The minimum absolute atomic E-state index is 0.0939. The first-order chi connectivity index (χ1) is 8.52. The van der Waals surface area contributed by atoms with Crippen LogP contribution in [0.4, 0.5) is 0 Å². The van der Waals surface area contributed by atoms with Gasteiger partial charge in [0.25, 0.3) is 0 Å². The highest BCUT2D eigenvalue weighted by molar-refractivity contribution is 7.15. The minimum atomic E-state index is 0.0939. The maximum Gasteiger partial charge on any atom is 0.0108 e. The smallest absolute Gasteiger partial charge is 0.0108 e. The normalized spacial score (nSPS) is 11.6. The zero-order valence-electron chi connectivity index (χ0n) is 12.5. The predicted molar refractivity (Wildman–Crippen MR) is 88.4 cm³/mol. The standard InChI is InChI=1S/C16H22.CH5P/c1-6-8-14(7-2)16(4,5)15-11-9-13(3)10-12-15;1-2/h6-7,9-12H,1,8H2,2-5H3;2H2,1H3/b14-7+;. The van der Waals surface area contributed by atoms with E-state index in [-0.39, 0.29) is 5.41 Å². The molecule has 0 radical (unpaired) electrons. The van der Waals surface area contributed by atoms with E-state index in [4.69, 9.17) is 0 Å². The average Bonchev–Trinajstić information content (AvgIpc) is 2.38. The second-order valence-electron chi connectivity index (χ2n) is 4.80. The molecule has 0 saturated carbocycles. The van der Waals surface area contributed by atoms with Crippen molar-refractivity contribution in [2.24, 2.45) is 0 Å². The molecule has 0 bridgehead atoms. The molecule has 0 N–H and O–H groups in total. The van der Waals surface area contributed by atoms with E-state index in [1.165, 1.54) is 16.7 Å². The molecule has 0 fully saturated rings. The van der Waals surface area contributed by atoms with E-state index >= 15 is 0 Å². The van der Waals surface area contributed by atoms with Crippen molar-refractivity contribution in [3.63, 3.8) is 0 Å².